The first kappa shape index (κ1) is 12.6. The maximum Gasteiger partial charge on any atom is 0.123 e. The van der Waals surface area contributed by atoms with E-state index >= 15 is 0 Å². The Morgan fingerprint density at radius 3 is 2.94 bits per heavy atom. The first-order valence-electron chi connectivity index (χ1n) is 6.53. The highest BCUT2D eigenvalue weighted by Gasteiger charge is 2.05. The fraction of sp³-hybridized carbons (Fsp3) is 0.429. The highest BCUT2D eigenvalue weighted by molar-refractivity contribution is 5.61. The van der Waals surface area contributed by atoms with Gasteiger partial charge in [-0.1, -0.05) is 26.2 Å². The van der Waals surface area contributed by atoms with Gasteiger partial charge in [-0.15, -0.1) is 0 Å². The number of nitrogens with zero attached hydrogens (tertiary/aromatic N) is 3. The summed E-state index contributed by atoms with van der Waals surface area (Å²) >= 11 is 0. The van der Waals surface area contributed by atoms with Crippen LogP contribution in [0.15, 0.2) is 30.9 Å². The minimum atomic E-state index is 0.547. The topological polar surface area (TPSA) is 56.7 Å². The average molecular weight is 244 g/mol. The van der Waals surface area contributed by atoms with Crippen LogP contribution in [0.2, 0.25) is 0 Å². The molecule has 4 nitrogen and oxygen atoms in total. The maximum absolute atomic E-state index is 5.71. The number of anilines is 1. The van der Waals surface area contributed by atoms with Gasteiger partial charge in [-0.25, -0.2) is 9.97 Å². The molecular weight excluding hydrogens is 224 g/mol. The van der Waals surface area contributed by atoms with Crippen molar-refractivity contribution in [2.75, 3.05) is 5.73 Å². The average Bonchev–Trinajstić information content (AvgIpc) is 2.83. The predicted molar refractivity (Wildman–Crippen MR) is 74.0 cm³/mol. The molecular formula is C14H20N4. The van der Waals surface area contributed by atoms with E-state index in [2.05, 4.69) is 21.5 Å². The monoisotopic (exact) mass is 244 g/mol. The van der Waals surface area contributed by atoms with Crippen molar-refractivity contribution in [1.82, 2.24) is 14.5 Å². The second-order valence-corrected chi connectivity index (χ2v) is 4.50. The van der Waals surface area contributed by atoms with E-state index in [0.717, 1.165) is 17.8 Å². The second kappa shape index (κ2) is 6.19. The molecule has 0 aromatic carbocycles. The standard InChI is InChI=1S/C14H20N4/c1-2-3-4-5-8-18-11-16-10-13(18)12-6-7-17-14(15)9-12/h6-7,9-11H,2-5,8H2,1H3,(H2,15,17). The van der Waals surface area contributed by atoms with E-state index in [0.29, 0.717) is 5.82 Å². The Morgan fingerprint density at radius 2 is 2.17 bits per heavy atom. The number of hydrogen-bond donors (Lipinski definition) is 1. The quantitative estimate of drug-likeness (QED) is 0.794. The van der Waals surface area contributed by atoms with E-state index in [9.17, 15) is 0 Å². The number of aromatic nitrogens is 3. The molecule has 0 atom stereocenters. The van der Waals surface area contributed by atoms with Crippen molar-refractivity contribution in [3.05, 3.63) is 30.9 Å². The predicted octanol–water partition coefficient (Wildman–Crippen LogP) is 3.11. The van der Waals surface area contributed by atoms with E-state index < -0.39 is 0 Å². The number of aryl methyl sites for hydroxylation is 1. The Kier molecular flexibility index (Phi) is 4.34. The van der Waals surface area contributed by atoms with Crippen LogP contribution >= 0.6 is 0 Å². The molecule has 2 heterocycles. The van der Waals surface area contributed by atoms with Gasteiger partial charge < -0.3 is 10.3 Å². The molecule has 0 radical (unpaired) electrons. The molecule has 0 fully saturated rings. The van der Waals surface area contributed by atoms with Crippen molar-refractivity contribution >= 4 is 5.82 Å². The van der Waals surface area contributed by atoms with Crippen molar-refractivity contribution in [3.8, 4) is 11.3 Å². The van der Waals surface area contributed by atoms with Crippen LogP contribution in [-0.4, -0.2) is 14.5 Å². The van der Waals surface area contributed by atoms with E-state index in [1.165, 1.54) is 25.7 Å². The highest BCUT2D eigenvalue weighted by Crippen LogP contribution is 2.20. The van der Waals surface area contributed by atoms with Gasteiger partial charge in [0.25, 0.3) is 0 Å². The normalized spacial score (nSPS) is 10.7. The van der Waals surface area contributed by atoms with Crippen molar-refractivity contribution in [2.45, 2.75) is 39.2 Å². The van der Waals surface area contributed by atoms with Crippen molar-refractivity contribution in [2.24, 2.45) is 0 Å². The minimum absolute atomic E-state index is 0.547. The summed E-state index contributed by atoms with van der Waals surface area (Å²) < 4.78 is 2.18. The molecule has 96 valence electrons. The number of nitrogens with two attached hydrogens (primary N) is 1. The van der Waals surface area contributed by atoms with Gasteiger partial charge in [0.1, 0.15) is 5.82 Å². The molecule has 4 heteroatoms. The lowest BCUT2D eigenvalue weighted by Crippen LogP contribution is -1.99. The van der Waals surface area contributed by atoms with E-state index in [1.807, 2.05) is 24.7 Å². The van der Waals surface area contributed by atoms with Crippen molar-refractivity contribution < 1.29 is 0 Å². The van der Waals surface area contributed by atoms with Crippen LogP contribution in [0.3, 0.4) is 0 Å². The smallest absolute Gasteiger partial charge is 0.123 e. The molecule has 0 aliphatic carbocycles. The molecule has 2 aromatic rings. The molecule has 0 saturated carbocycles. The van der Waals surface area contributed by atoms with E-state index in [1.54, 1.807) is 6.20 Å². The molecule has 0 unspecified atom stereocenters. The van der Waals surface area contributed by atoms with Crippen LogP contribution in [0.5, 0.6) is 0 Å². The Hall–Kier alpha value is -1.84. The van der Waals surface area contributed by atoms with Gasteiger partial charge in [-0.3, -0.25) is 0 Å². The lowest BCUT2D eigenvalue weighted by Gasteiger charge is -2.08. The summed E-state index contributed by atoms with van der Waals surface area (Å²) in [4.78, 5) is 8.24. The molecule has 0 aliphatic heterocycles. The molecule has 0 amide bonds. The third kappa shape index (κ3) is 3.09. The fourth-order valence-corrected chi connectivity index (χ4v) is 2.06. The molecule has 2 rings (SSSR count). The van der Waals surface area contributed by atoms with Gasteiger partial charge in [-0.2, -0.15) is 0 Å². The first-order valence-corrected chi connectivity index (χ1v) is 6.53. The maximum atomic E-state index is 5.71. The number of unbranched alkanes of at least 4 members (excludes halogenated alkanes) is 3. The lowest BCUT2D eigenvalue weighted by atomic mass is 10.2. The van der Waals surface area contributed by atoms with Gasteiger partial charge in [0, 0.05) is 18.3 Å². The van der Waals surface area contributed by atoms with Crippen molar-refractivity contribution in [1.29, 1.82) is 0 Å². The number of hydrogen-bond acceptors (Lipinski definition) is 3. The third-order valence-electron chi connectivity index (χ3n) is 3.04. The Balaban J connectivity index is 2.08. The molecule has 0 saturated heterocycles. The number of rotatable bonds is 6. The summed E-state index contributed by atoms with van der Waals surface area (Å²) in [6.45, 7) is 3.24. The van der Waals surface area contributed by atoms with Crippen LogP contribution in [0.25, 0.3) is 11.3 Å². The van der Waals surface area contributed by atoms with Crippen LogP contribution in [0.4, 0.5) is 5.82 Å². The summed E-state index contributed by atoms with van der Waals surface area (Å²) in [5, 5.41) is 0. The van der Waals surface area contributed by atoms with E-state index in [4.69, 9.17) is 5.73 Å². The Morgan fingerprint density at radius 1 is 1.28 bits per heavy atom. The Bertz CT molecular complexity index is 490. The molecule has 2 aromatic heterocycles. The first-order chi connectivity index (χ1) is 8.81. The van der Waals surface area contributed by atoms with Gasteiger partial charge in [-0.05, 0) is 18.6 Å². The van der Waals surface area contributed by atoms with Crippen LogP contribution < -0.4 is 5.73 Å². The zero-order chi connectivity index (χ0) is 12.8. The Labute approximate surface area is 108 Å². The molecule has 2 N–H and O–H groups in total. The van der Waals surface area contributed by atoms with Gasteiger partial charge in [0.15, 0.2) is 0 Å². The summed E-state index contributed by atoms with van der Waals surface area (Å²) in [5.74, 6) is 0.547. The SMILES string of the molecule is CCCCCCn1cncc1-c1ccnc(N)c1. The van der Waals surface area contributed by atoms with Crippen LogP contribution in [-0.2, 0) is 6.54 Å². The fourth-order valence-electron chi connectivity index (χ4n) is 2.06. The largest absolute Gasteiger partial charge is 0.384 e. The lowest BCUT2D eigenvalue weighted by molar-refractivity contribution is 0.585. The van der Waals surface area contributed by atoms with Gasteiger partial charge in [0.2, 0.25) is 0 Å². The minimum Gasteiger partial charge on any atom is -0.384 e. The van der Waals surface area contributed by atoms with Gasteiger partial charge >= 0.3 is 0 Å². The van der Waals surface area contributed by atoms with Crippen molar-refractivity contribution in [3.63, 3.8) is 0 Å². The molecule has 0 bridgehead atoms. The van der Waals surface area contributed by atoms with Gasteiger partial charge in [0.05, 0.1) is 18.2 Å². The van der Waals surface area contributed by atoms with E-state index in [-0.39, 0.29) is 0 Å². The second-order valence-electron chi connectivity index (χ2n) is 4.50. The zero-order valence-corrected chi connectivity index (χ0v) is 10.8. The molecule has 0 aliphatic rings. The summed E-state index contributed by atoms with van der Waals surface area (Å²) in [5.41, 5.74) is 7.90. The summed E-state index contributed by atoms with van der Waals surface area (Å²) in [6, 6.07) is 3.86. The van der Waals surface area contributed by atoms with Crippen LogP contribution in [0, 0.1) is 0 Å². The third-order valence-corrected chi connectivity index (χ3v) is 3.04. The number of pyridine rings is 1. The number of imidazole rings is 1. The highest BCUT2D eigenvalue weighted by atomic mass is 15.0. The van der Waals surface area contributed by atoms with Crippen LogP contribution in [0.1, 0.15) is 32.6 Å². The number of nitrogen functional groups attached to an aromatic ring is 1. The zero-order valence-electron chi connectivity index (χ0n) is 10.8. The summed E-state index contributed by atoms with van der Waals surface area (Å²) in [6.07, 6.45) is 10.5. The molecule has 0 spiro atoms. The summed E-state index contributed by atoms with van der Waals surface area (Å²) in [7, 11) is 0. The molecule has 18 heavy (non-hydrogen) atoms.